The zero-order chi connectivity index (χ0) is 22.3. The van der Waals surface area contributed by atoms with Crippen LogP contribution in [0.3, 0.4) is 0 Å². The third-order valence-corrected chi connectivity index (χ3v) is 8.41. The van der Waals surface area contributed by atoms with Crippen LogP contribution in [0, 0.1) is 6.92 Å². The van der Waals surface area contributed by atoms with Crippen LogP contribution in [-0.4, -0.2) is 72.2 Å². The molecule has 2 atom stereocenters. The Hall–Kier alpha value is -2.42. The summed E-state index contributed by atoms with van der Waals surface area (Å²) in [6, 6.07) is 5.71. The molecular formula is C22H29N3O5S. The van der Waals surface area contributed by atoms with Crippen molar-refractivity contribution in [1.29, 1.82) is 0 Å². The predicted molar refractivity (Wildman–Crippen MR) is 116 cm³/mol. The number of hydrogen-bond acceptors (Lipinski definition) is 5. The van der Waals surface area contributed by atoms with Gasteiger partial charge in [0.05, 0.1) is 11.5 Å². The molecule has 0 bridgehead atoms. The molecule has 4 rings (SSSR count). The van der Waals surface area contributed by atoms with E-state index in [9.17, 15) is 22.8 Å². The fraction of sp³-hybridized carbons (Fsp3) is 0.591. The quantitative estimate of drug-likeness (QED) is 0.645. The van der Waals surface area contributed by atoms with Crippen molar-refractivity contribution in [2.75, 3.05) is 23.0 Å². The maximum absolute atomic E-state index is 13.3. The van der Waals surface area contributed by atoms with Crippen molar-refractivity contribution in [3.8, 4) is 0 Å². The fourth-order valence-corrected chi connectivity index (χ4v) is 6.72. The van der Waals surface area contributed by atoms with E-state index in [1.54, 1.807) is 24.0 Å². The molecule has 9 heteroatoms. The zero-order valence-electron chi connectivity index (χ0n) is 18.0. The molecule has 168 valence electrons. The highest BCUT2D eigenvalue weighted by Crippen LogP contribution is 2.31. The molecular weight excluding hydrogens is 418 g/mol. The van der Waals surface area contributed by atoms with Gasteiger partial charge in [0.2, 0.25) is 5.91 Å². The van der Waals surface area contributed by atoms with Crippen LogP contribution >= 0.6 is 0 Å². The minimum absolute atomic E-state index is 0.0239. The Morgan fingerprint density at radius 2 is 1.71 bits per heavy atom. The van der Waals surface area contributed by atoms with Crippen LogP contribution in [0.1, 0.15) is 44.6 Å². The summed E-state index contributed by atoms with van der Waals surface area (Å²) in [6.07, 6.45) is 4.06. The first kappa shape index (κ1) is 21.8. The Bertz CT molecular complexity index is 985. The van der Waals surface area contributed by atoms with Gasteiger partial charge < -0.3 is 4.90 Å². The number of carbonyl (C=O) groups excluding carboxylic acids is 3. The molecule has 0 aromatic heterocycles. The van der Waals surface area contributed by atoms with E-state index in [-0.39, 0.29) is 36.0 Å². The number of benzene rings is 1. The van der Waals surface area contributed by atoms with Gasteiger partial charge in [0.25, 0.3) is 5.91 Å². The van der Waals surface area contributed by atoms with Gasteiger partial charge in [-0.2, -0.15) is 0 Å². The average Bonchev–Trinajstić information content (AvgIpc) is 3.41. The standard InChI is InChI=1S/C22H29N3O5S/c1-15-7-9-18(10-8-15)24-16(2)21(27)23(22(24)28)13-20(26)25(17-5-3-4-6-17)19-11-12-31(29,30)14-19/h7-10,16-17,19H,3-6,11-14H2,1-2H3. The molecule has 2 aliphatic heterocycles. The third-order valence-electron chi connectivity index (χ3n) is 6.66. The Morgan fingerprint density at radius 3 is 2.29 bits per heavy atom. The van der Waals surface area contributed by atoms with E-state index in [2.05, 4.69) is 0 Å². The highest BCUT2D eigenvalue weighted by Gasteiger charge is 2.46. The topological polar surface area (TPSA) is 95.1 Å². The molecule has 31 heavy (non-hydrogen) atoms. The minimum atomic E-state index is -3.16. The summed E-state index contributed by atoms with van der Waals surface area (Å²) in [5.41, 5.74) is 1.65. The first-order valence-electron chi connectivity index (χ1n) is 10.9. The summed E-state index contributed by atoms with van der Waals surface area (Å²) >= 11 is 0. The summed E-state index contributed by atoms with van der Waals surface area (Å²) in [6.45, 7) is 3.25. The monoisotopic (exact) mass is 447 g/mol. The molecule has 1 saturated carbocycles. The van der Waals surface area contributed by atoms with E-state index < -0.39 is 27.8 Å². The van der Waals surface area contributed by atoms with Crippen LogP contribution < -0.4 is 4.90 Å². The largest absolute Gasteiger partial charge is 0.334 e. The first-order chi connectivity index (χ1) is 14.7. The van der Waals surface area contributed by atoms with Gasteiger partial charge in [0.1, 0.15) is 12.6 Å². The maximum atomic E-state index is 13.3. The molecule has 3 fully saturated rings. The van der Waals surface area contributed by atoms with Crippen LogP contribution in [-0.2, 0) is 19.4 Å². The van der Waals surface area contributed by atoms with Gasteiger partial charge in [0, 0.05) is 17.8 Å². The van der Waals surface area contributed by atoms with Crippen molar-refractivity contribution in [2.24, 2.45) is 0 Å². The van der Waals surface area contributed by atoms with Gasteiger partial charge in [-0.25, -0.2) is 13.2 Å². The maximum Gasteiger partial charge on any atom is 0.332 e. The van der Waals surface area contributed by atoms with E-state index >= 15 is 0 Å². The second-order valence-electron chi connectivity index (χ2n) is 8.88. The number of amides is 4. The lowest BCUT2D eigenvalue weighted by molar-refractivity contribution is -0.140. The Kier molecular flexibility index (Phi) is 5.81. The zero-order valence-corrected chi connectivity index (χ0v) is 18.8. The van der Waals surface area contributed by atoms with Gasteiger partial charge in [-0.05, 0) is 45.2 Å². The van der Waals surface area contributed by atoms with Crippen molar-refractivity contribution in [2.45, 2.75) is 64.1 Å². The summed E-state index contributed by atoms with van der Waals surface area (Å²) in [7, 11) is -3.16. The normalized spacial score (nSPS) is 26.1. The second kappa shape index (κ2) is 8.26. The van der Waals surface area contributed by atoms with Gasteiger partial charge in [-0.1, -0.05) is 30.5 Å². The van der Waals surface area contributed by atoms with Crippen LogP contribution in [0.5, 0.6) is 0 Å². The van der Waals surface area contributed by atoms with E-state index in [1.165, 1.54) is 4.90 Å². The van der Waals surface area contributed by atoms with Crippen molar-refractivity contribution in [3.63, 3.8) is 0 Å². The van der Waals surface area contributed by atoms with Crippen LogP contribution in [0.15, 0.2) is 24.3 Å². The highest BCUT2D eigenvalue weighted by molar-refractivity contribution is 7.91. The second-order valence-corrected chi connectivity index (χ2v) is 11.1. The third kappa shape index (κ3) is 4.20. The fourth-order valence-electron chi connectivity index (χ4n) is 5.01. The number of anilines is 1. The first-order valence-corrected chi connectivity index (χ1v) is 12.7. The number of hydrogen-bond donors (Lipinski definition) is 0. The van der Waals surface area contributed by atoms with Crippen LogP contribution in [0.25, 0.3) is 0 Å². The molecule has 4 amide bonds. The summed E-state index contributed by atoms with van der Waals surface area (Å²) in [5.74, 6) is -0.713. The Morgan fingerprint density at radius 1 is 1.06 bits per heavy atom. The molecule has 1 aromatic carbocycles. The molecule has 1 aliphatic carbocycles. The molecule has 3 aliphatic rings. The van der Waals surface area contributed by atoms with E-state index in [0.29, 0.717) is 12.1 Å². The number of rotatable bonds is 5. The lowest BCUT2D eigenvalue weighted by Crippen LogP contribution is -2.51. The number of imide groups is 1. The van der Waals surface area contributed by atoms with Gasteiger partial charge >= 0.3 is 6.03 Å². The number of nitrogens with zero attached hydrogens (tertiary/aromatic N) is 3. The summed E-state index contributed by atoms with van der Waals surface area (Å²) < 4.78 is 24.1. The highest BCUT2D eigenvalue weighted by atomic mass is 32.2. The lowest BCUT2D eigenvalue weighted by atomic mass is 10.1. The molecule has 1 aromatic rings. The van der Waals surface area contributed by atoms with Crippen molar-refractivity contribution >= 4 is 33.4 Å². The van der Waals surface area contributed by atoms with E-state index in [0.717, 1.165) is 36.1 Å². The van der Waals surface area contributed by atoms with Crippen molar-refractivity contribution < 1.29 is 22.8 Å². The van der Waals surface area contributed by atoms with Crippen molar-refractivity contribution in [1.82, 2.24) is 9.80 Å². The van der Waals surface area contributed by atoms with Gasteiger partial charge in [0.15, 0.2) is 9.84 Å². The number of urea groups is 1. The Balaban J connectivity index is 1.54. The van der Waals surface area contributed by atoms with E-state index in [4.69, 9.17) is 0 Å². The summed E-state index contributed by atoms with van der Waals surface area (Å²) in [5, 5.41) is 0. The lowest BCUT2D eigenvalue weighted by Gasteiger charge is -2.35. The molecule has 0 N–H and O–H groups in total. The SMILES string of the molecule is Cc1ccc(N2C(=O)N(CC(=O)N(C3CCCC3)C3CCS(=O)(=O)C3)C(=O)C2C)cc1. The molecule has 2 saturated heterocycles. The molecule has 0 spiro atoms. The average molecular weight is 448 g/mol. The molecule has 8 nitrogen and oxygen atoms in total. The Labute approximate surface area is 183 Å². The van der Waals surface area contributed by atoms with Crippen LogP contribution in [0.2, 0.25) is 0 Å². The number of aryl methyl sites for hydroxylation is 1. The van der Waals surface area contributed by atoms with Gasteiger partial charge in [-0.3, -0.25) is 19.4 Å². The molecule has 2 unspecified atom stereocenters. The van der Waals surface area contributed by atoms with Crippen molar-refractivity contribution in [3.05, 3.63) is 29.8 Å². The van der Waals surface area contributed by atoms with Crippen LogP contribution in [0.4, 0.5) is 10.5 Å². The summed E-state index contributed by atoms with van der Waals surface area (Å²) in [4.78, 5) is 43.4. The number of sulfone groups is 1. The van der Waals surface area contributed by atoms with Gasteiger partial charge in [-0.15, -0.1) is 0 Å². The number of carbonyl (C=O) groups is 3. The smallest absolute Gasteiger partial charge is 0.332 e. The predicted octanol–water partition coefficient (Wildman–Crippen LogP) is 2.11. The molecule has 2 heterocycles. The minimum Gasteiger partial charge on any atom is -0.334 e. The molecule has 0 radical (unpaired) electrons. The van der Waals surface area contributed by atoms with E-state index in [1.807, 2.05) is 19.1 Å².